The molecule has 0 spiro atoms. The lowest BCUT2D eigenvalue weighted by molar-refractivity contribution is -0.404. The fraction of sp³-hybridized carbons (Fsp3) is 0.455. The van der Waals surface area contributed by atoms with Crippen LogP contribution in [0.4, 0.5) is 0 Å². The molecule has 0 bridgehead atoms. The minimum Gasteiger partial charge on any atom is -0.497 e. The molecule has 0 aliphatic carbocycles. The molecule has 0 radical (unpaired) electrons. The zero-order chi connectivity index (χ0) is 23.5. The van der Waals surface area contributed by atoms with Crippen molar-refractivity contribution >= 4 is 23.1 Å². The number of thioether (sulfide) groups is 1. The molecular weight excluding hydrogens is 448 g/mol. The van der Waals surface area contributed by atoms with E-state index in [-0.39, 0.29) is 12.4 Å². The first-order valence-electron chi connectivity index (χ1n) is 10.2. The van der Waals surface area contributed by atoms with Gasteiger partial charge in [-0.25, -0.2) is 0 Å². The van der Waals surface area contributed by atoms with Crippen molar-refractivity contribution in [2.24, 2.45) is 0 Å². The summed E-state index contributed by atoms with van der Waals surface area (Å²) in [5, 5.41) is 27.3. The number of benzene rings is 1. The number of aliphatic hydroxyl groups is 1. The van der Waals surface area contributed by atoms with Crippen molar-refractivity contribution in [3.8, 4) is 5.75 Å². The van der Waals surface area contributed by atoms with E-state index < -0.39 is 11.0 Å². The number of thiophene rings is 1. The number of nitrogens with zero attached hydrogens (tertiary/aromatic N) is 2. The third kappa shape index (κ3) is 9.07. The lowest BCUT2D eigenvalue weighted by Gasteiger charge is -2.16. The number of rotatable bonds is 14. The van der Waals surface area contributed by atoms with Gasteiger partial charge in [0.15, 0.2) is 5.82 Å². The number of aryl methyl sites for hydroxylation is 1. The van der Waals surface area contributed by atoms with Crippen molar-refractivity contribution in [3.63, 3.8) is 0 Å². The van der Waals surface area contributed by atoms with Gasteiger partial charge in [0.25, 0.3) is 6.20 Å². The molecule has 0 saturated carbocycles. The van der Waals surface area contributed by atoms with Crippen LogP contribution < -0.4 is 15.4 Å². The van der Waals surface area contributed by atoms with E-state index in [4.69, 9.17) is 4.74 Å². The number of hydrogen-bond donors (Lipinski definition) is 3. The predicted molar refractivity (Wildman–Crippen MR) is 132 cm³/mol. The largest absolute Gasteiger partial charge is 0.497 e. The Morgan fingerprint density at radius 1 is 1.38 bits per heavy atom. The average molecular weight is 481 g/mol. The van der Waals surface area contributed by atoms with Gasteiger partial charge < -0.3 is 25.4 Å². The maximum absolute atomic E-state index is 11.0. The minimum absolute atomic E-state index is 0.135. The molecule has 0 aliphatic heterocycles. The molecule has 0 amide bonds. The zero-order valence-corrected chi connectivity index (χ0v) is 20.6. The SMILES string of the molecule is COc1cccc(C(O)CNC(=C[N+](=O)[O-])NCCSCc2cc(C)c(CN(C)C)s2)c1. The molecule has 1 unspecified atom stereocenters. The number of ether oxygens (including phenoxy) is 1. The molecule has 0 aliphatic rings. The molecule has 176 valence electrons. The van der Waals surface area contributed by atoms with E-state index in [1.165, 1.54) is 15.3 Å². The van der Waals surface area contributed by atoms with Crippen LogP contribution >= 0.6 is 23.1 Å². The second-order valence-corrected chi connectivity index (χ2v) is 9.86. The van der Waals surface area contributed by atoms with E-state index in [0.29, 0.717) is 17.9 Å². The summed E-state index contributed by atoms with van der Waals surface area (Å²) in [6, 6.07) is 9.35. The van der Waals surface area contributed by atoms with Crippen LogP contribution in [0.1, 0.15) is 27.0 Å². The fourth-order valence-electron chi connectivity index (χ4n) is 2.97. The molecule has 2 rings (SSSR count). The molecule has 0 saturated heterocycles. The second-order valence-electron chi connectivity index (χ2n) is 7.54. The molecule has 0 fully saturated rings. The molecule has 10 heteroatoms. The molecule has 1 atom stereocenters. The molecule has 1 aromatic heterocycles. The third-order valence-corrected chi connectivity index (χ3v) is 6.95. The van der Waals surface area contributed by atoms with Crippen molar-refractivity contribution in [2.75, 3.05) is 40.0 Å². The van der Waals surface area contributed by atoms with E-state index in [1.807, 2.05) is 11.3 Å². The van der Waals surface area contributed by atoms with Crippen LogP contribution in [0.3, 0.4) is 0 Å². The van der Waals surface area contributed by atoms with Gasteiger partial charge in [-0.3, -0.25) is 10.1 Å². The van der Waals surface area contributed by atoms with Gasteiger partial charge in [-0.1, -0.05) is 12.1 Å². The Kier molecular flexibility index (Phi) is 10.8. The summed E-state index contributed by atoms with van der Waals surface area (Å²) >= 11 is 3.62. The zero-order valence-electron chi connectivity index (χ0n) is 19.0. The maximum Gasteiger partial charge on any atom is 0.274 e. The highest BCUT2D eigenvalue weighted by Gasteiger charge is 2.11. The van der Waals surface area contributed by atoms with E-state index in [1.54, 1.807) is 43.1 Å². The number of nitro groups is 1. The molecule has 1 heterocycles. The van der Waals surface area contributed by atoms with Crippen LogP contribution in [0.15, 0.2) is 42.4 Å². The van der Waals surface area contributed by atoms with Crippen molar-refractivity contribution in [2.45, 2.75) is 25.3 Å². The Labute approximate surface area is 197 Å². The fourth-order valence-corrected chi connectivity index (χ4v) is 5.22. The van der Waals surface area contributed by atoms with Crippen LogP contribution in [0.5, 0.6) is 5.75 Å². The van der Waals surface area contributed by atoms with Crippen molar-refractivity contribution in [1.29, 1.82) is 0 Å². The Bertz CT molecular complexity index is 902. The molecule has 32 heavy (non-hydrogen) atoms. The molecule has 8 nitrogen and oxygen atoms in total. The Hall–Kier alpha value is -2.27. The highest BCUT2D eigenvalue weighted by molar-refractivity contribution is 7.98. The molecular formula is C22H32N4O4S2. The van der Waals surface area contributed by atoms with Gasteiger partial charge in [0, 0.05) is 40.9 Å². The van der Waals surface area contributed by atoms with E-state index in [9.17, 15) is 15.2 Å². The van der Waals surface area contributed by atoms with Gasteiger partial charge in [-0.15, -0.1) is 11.3 Å². The maximum atomic E-state index is 11.0. The van der Waals surface area contributed by atoms with Gasteiger partial charge in [0.2, 0.25) is 0 Å². The Balaban J connectivity index is 1.78. The normalized spacial score (nSPS) is 12.6. The van der Waals surface area contributed by atoms with E-state index in [2.05, 4.69) is 42.6 Å². The summed E-state index contributed by atoms with van der Waals surface area (Å²) in [6.07, 6.45) is 0.0638. The number of methoxy groups -OCH3 is 1. The number of hydrogen-bond acceptors (Lipinski definition) is 9. The highest BCUT2D eigenvalue weighted by atomic mass is 32.2. The Morgan fingerprint density at radius 2 is 2.16 bits per heavy atom. The number of aliphatic hydroxyl groups excluding tert-OH is 1. The Morgan fingerprint density at radius 3 is 2.84 bits per heavy atom. The quantitative estimate of drug-likeness (QED) is 0.215. The molecule has 1 aromatic carbocycles. The van der Waals surface area contributed by atoms with Crippen LogP contribution in [0.25, 0.3) is 0 Å². The monoisotopic (exact) mass is 480 g/mol. The molecule has 2 aromatic rings. The van der Waals surface area contributed by atoms with Crippen LogP contribution in [0.2, 0.25) is 0 Å². The summed E-state index contributed by atoms with van der Waals surface area (Å²) in [5.41, 5.74) is 2.00. The smallest absolute Gasteiger partial charge is 0.274 e. The van der Waals surface area contributed by atoms with E-state index >= 15 is 0 Å². The number of nitrogens with one attached hydrogen (secondary N) is 2. The highest BCUT2D eigenvalue weighted by Crippen LogP contribution is 2.26. The topological polar surface area (TPSA) is 99.9 Å². The second kappa shape index (κ2) is 13.3. The summed E-state index contributed by atoms with van der Waals surface area (Å²) in [6.45, 7) is 3.80. The van der Waals surface area contributed by atoms with Gasteiger partial charge in [0.05, 0.1) is 18.1 Å². The summed E-state index contributed by atoms with van der Waals surface area (Å²) in [4.78, 5) is 15.3. The van der Waals surface area contributed by atoms with E-state index in [0.717, 1.165) is 24.3 Å². The standard InChI is InChI=1S/C22H32N4O4S2/c1-16-10-19(32-21(16)13-25(2)3)15-31-9-8-23-22(14-26(28)29)24-12-20(27)17-6-5-7-18(11-17)30-4/h5-7,10-11,14,20,23-24,27H,8-9,12-13,15H2,1-4H3. The van der Waals surface area contributed by atoms with Crippen LogP contribution in [0, 0.1) is 17.0 Å². The van der Waals surface area contributed by atoms with Crippen molar-refractivity contribution in [3.05, 3.63) is 73.3 Å². The van der Waals surface area contributed by atoms with Crippen molar-refractivity contribution < 1.29 is 14.8 Å². The summed E-state index contributed by atoms with van der Waals surface area (Å²) in [7, 11) is 5.70. The van der Waals surface area contributed by atoms with Gasteiger partial charge in [-0.2, -0.15) is 11.8 Å². The first-order chi connectivity index (χ1) is 15.3. The lowest BCUT2D eigenvalue weighted by Crippen LogP contribution is -2.31. The third-order valence-electron chi connectivity index (χ3n) is 4.54. The van der Waals surface area contributed by atoms with Gasteiger partial charge >= 0.3 is 0 Å². The van der Waals surface area contributed by atoms with Crippen molar-refractivity contribution in [1.82, 2.24) is 15.5 Å². The summed E-state index contributed by atoms with van der Waals surface area (Å²) in [5.74, 6) is 2.64. The van der Waals surface area contributed by atoms with Gasteiger partial charge in [-0.05, 0) is 50.3 Å². The van der Waals surface area contributed by atoms with Crippen LogP contribution in [-0.4, -0.2) is 55.0 Å². The lowest BCUT2D eigenvalue weighted by atomic mass is 10.1. The predicted octanol–water partition coefficient (Wildman–Crippen LogP) is 3.35. The van der Waals surface area contributed by atoms with Crippen LogP contribution in [-0.2, 0) is 12.3 Å². The van der Waals surface area contributed by atoms with Gasteiger partial charge in [0.1, 0.15) is 5.75 Å². The minimum atomic E-state index is -0.824. The first-order valence-corrected chi connectivity index (χ1v) is 12.2. The first kappa shape index (κ1) is 26.0. The average Bonchev–Trinajstić information content (AvgIpc) is 3.09. The summed E-state index contributed by atoms with van der Waals surface area (Å²) < 4.78 is 5.17. The molecule has 3 N–H and O–H groups in total.